The molecule has 4 aromatic rings. The Kier molecular flexibility index (Phi) is 9.15. The van der Waals surface area contributed by atoms with Gasteiger partial charge in [-0.3, -0.25) is 9.69 Å². The van der Waals surface area contributed by atoms with Crippen LogP contribution in [0.4, 0.5) is 5.69 Å². The molecule has 1 saturated heterocycles. The zero-order valence-electron chi connectivity index (χ0n) is 24.2. The standard InChI is InChI=1S/C35H40N4O3/c40-35-34(41-25-20-28-10-4-1-5-11-28)33(26-36-39(35)30-12-6-2-7-13-30)38-23-21-37(22-24-38)27-29-16-18-32(19-17-29)42-31-14-8-3-9-15-31/h2-3,6-9,12-19,26,28H,1,4-5,10-11,20-25,27H2. The normalized spacial score (nSPS) is 16.3. The number of nitrogens with zero attached hydrogens (tertiary/aromatic N) is 4. The zero-order valence-corrected chi connectivity index (χ0v) is 24.2. The molecule has 42 heavy (non-hydrogen) atoms. The number of aromatic nitrogens is 2. The largest absolute Gasteiger partial charge is 0.486 e. The van der Waals surface area contributed by atoms with E-state index in [1.165, 1.54) is 42.3 Å². The van der Waals surface area contributed by atoms with Crippen LogP contribution in [0.2, 0.25) is 0 Å². The number of para-hydroxylation sites is 2. The third kappa shape index (κ3) is 7.02. The Hall–Kier alpha value is -4.10. The Morgan fingerprint density at radius 3 is 2.14 bits per heavy atom. The fourth-order valence-electron chi connectivity index (χ4n) is 6.04. The van der Waals surface area contributed by atoms with Crippen molar-refractivity contribution in [2.24, 2.45) is 5.92 Å². The van der Waals surface area contributed by atoms with Crippen LogP contribution in [0.1, 0.15) is 44.1 Å². The van der Waals surface area contributed by atoms with E-state index in [4.69, 9.17) is 9.47 Å². The van der Waals surface area contributed by atoms with E-state index >= 15 is 0 Å². The van der Waals surface area contributed by atoms with Crippen molar-refractivity contribution in [2.75, 3.05) is 37.7 Å². The van der Waals surface area contributed by atoms with Crippen molar-refractivity contribution in [2.45, 2.75) is 45.1 Å². The lowest BCUT2D eigenvalue weighted by molar-refractivity contribution is 0.237. The molecular formula is C35H40N4O3. The molecule has 0 atom stereocenters. The summed E-state index contributed by atoms with van der Waals surface area (Å²) in [4.78, 5) is 18.4. The van der Waals surface area contributed by atoms with E-state index in [9.17, 15) is 4.79 Å². The first-order chi connectivity index (χ1) is 20.7. The van der Waals surface area contributed by atoms with Gasteiger partial charge in [0.1, 0.15) is 17.2 Å². The highest BCUT2D eigenvalue weighted by Gasteiger charge is 2.24. The van der Waals surface area contributed by atoms with Gasteiger partial charge in [0.05, 0.1) is 18.5 Å². The predicted molar refractivity (Wildman–Crippen MR) is 167 cm³/mol. The van der Waals surface area contributed by atoms with Crippen molar-refractivity contribution >= 4 is 5.69 Å². The first kappa shape index (κ1) is 28.0. The van der Waals surface area contributed by atoms with Gasteiger partial charge < -0.3 is 14.4 Å². The minimum Gasteiger partial charge on any atom is -0.486 e. The average Bonchev–Trinajstić information content (AvgIpc) is 3.04. The van der Waals surface area contributed by atoms with Gasteiger partial charge in [0.2, 0.25) is 5.75 Å². The first-order valence-electron chi connectivity index (χ1n) is 15.3. The molecule has 0 radical (unpaired) electrons. The smallest absolute Gasteiger partial charge is 0.316 e. The molecule has 2 heterocycles. The Bertz CT molecular complexity index is 1460. The highest BCUT2D eigenvalue weighted by Crippen LogP contribution is 2.29. The summed E-state index contributed by atoms with van der Waals surface area (Å²) in [6.45, 7) is 4.85. The van der Waals surface area contributed by atoms with Crippen LogP contribution in [-0.2, 0) is 6.54 Å². The minimum absolute atomic E-state index is 0.192. The van der Waals surface area contributed by atoms with Crippen LogP contribution in [0.15, 0.2) is 95.9 Å². The highest BCUT2D eigenvalue weighted by molar-refractivity contribution is 5.57. The molecule has 218 valence electrons. The fourth-order valence-corrected chi connectivity index (χ4v) is 6.04. The number of rotatable bonds is 10. The maximum absolute atomic E-state index is 13.7. The molecule has 0 bridgehead atoms. The van der Waals surface area contributed by atoms with Crippen LogP contribution in [-0.4, -0.2) is 47.5 Å². The van der Waals surface area contributed by atoms with E-state index in [1.807, 2.05) is 79.0 Å². The molecule has 1 aromatic heterocycles. The van der Waals surface area contributed by atoms with Crippen molar-refractivity contribution in [3.8, 4) is 22.9 Å². The molecule has 2 aliphatic rings. The zero-order chi connectivity index (χ0) is 28.6. The summed E-state index contributed by atoms with van der Waals surface area (Å²) in [6.07, 6.45) is 9.30. The summed E-state index contributed by atoms with van der Waals surface area (Å²) in [6, 6.07) is 27.8. The van der Waals surface area contributed by atoms with Crippen LogP contribution in [0, 0.1) is 5.92 Å². The van der Waals surface area contributed by atoms with E-state index in [1.54, 1.807) is 0 Å². The van der Waals surface area contributed by atoms with Crippen molar-refractivity contribution < 1.29 is 9.47 Å². The Labute approximate surface area is 248 Å². The van der Waals surface area contributed by atoms with Gasteiger partial charge in [-0.15, -0.1) is 0 Å². The number of ether oxygens (including phenoxy) is 2. The van der Waals surface area contributed by atoms with Gasteiger partial charge in [0.15, 0.2) is 0 Å². The number of benzene rings is 3. The lowest BCUT2D eigenvalue weighted by Crippen LogP contribution is -2.46. The van der Waals surface area contributed by atoms with E-state index in [0.29, 0.717) is 18.3 Å². The topological polar surface area (TPSA) is 59.8 Å². The van der Waals surface area contributed by atoms with Crippen LogP contribution < -0.4 is 19.9 Å². The summed E-state index contributed by atoms with van der Waals surface area (Å²) < 4.78 is 13.7. The van der Waals surface area contributed by atoms with Gasteiger partial charge in [0, 0.05) is 32.7 Å². The number of piperazine rings is 1. The van der Waals surface area contributed by atoms with Crippen LogP contribution >= 0.6 is 0 Å². The summed E-state index contributed by atoms with van der Waals surface area (Å²) in [5.41, 5.74) is 2.61. The Morgan fingerprint density at radius 1 is 0.762 bits per heavy atom. The first-order valence-corrected chi connectivity index (χ1v) is 15.3. The van der Waals surface area contributed by atoms with Crippen LogP contribution in [0.5, 0.6) is 17.2 Å². The molecule has 2 fully saturated rings. The molecule has 1 saturated carbocycles. The van der Waals surface area contributed by atoms with Gasteiger partial charge >= 0.3 is 5.56 Å². The number of hydrogen-bond donors (Lipinski definition) is 0. The molecule has 0 unspecified atom stereocenters. The van der Waals surface area contributed by atoms with E-state index in [0.717, 1.165) is 62.0 Å². The third-order valence-corrected chi connectivity index (χ3v) is 8.43. The van der Waals surface area contributed by atoms with Gasteiger partial charge in [-0.25, -0.2) is 0 Å². The van der Waals surface area contributed by atoms with E-state index in [2.05, 4.69) is 27.0 Å². The molecule has 6 rings (SSSR count). The fraction of sp³-hybridized carbons (Fsp3) is 0.371. The summed E-state index contributed by atoms with van der Waals surface area (Å²) in [5.74, 6) is 2.79. The van der Waals surface area contributed by atoms with E-state index < -0.39 is 0 Å². The number of anilines is 1. The summed E-state index contributed by atoms with van der Waals surface area (Å²) in [7, 11) is 0. The van der Waals surface area contributed by atoms with E-state index in [-0.39, 0.29) is 5.56 Å². The average molecular weight is 565 g/mol. The highest BCUT2D eigenvalue weighted by atomic mass is 16.5. The van der Waals surface area contributed by atoms with Crippen molar-refractivity contribution in [1.82, 2.24) is 14.7 Å². The second-order valence-electron chi connectivity index (χ2n) is 11.4. The third-order valence-electron chi connectivity index (χ3n) is 8.43. The molecule has 3 aromatic carbocycles. The van der Waals surface area contributed by atoms with Gasteiger partial charge in [0.25, 0.3) is 0 Å². The van der Waals surface area contributed by atoms with Crippen molar-refractivity contribution in [3.05, 3.63) is 107 Å². The van der Waals surface area contributed by atoms with Gasteiger partial charge in [-0.1, -0.05) is 80.6 Å². The van der Waals surface area contributed by atoms with Crippen molar-refractivity contribution in [3.63, 3.8) is 0 Å². The Morgan fingerprint density at radius 2 is 1.43 bits per heavy atom. The van der Waals surface area contributed by atoms with Gasteiger partial charge in [-0.05, 0) is 54.3 Å². The molecule has 1 aliphatic heterocycles. The maximum Gasteiger partial charge on any atom is 0.316 e. The second kappa shape index (κ2) is 13.7. The predicted octanol–water partition coefficient (Wildman–Crippen LogP) is 6.70. The molecule has 0 spiro atoms. The molecule has 0 amide bonds. The molecule has 0 N–H and O–H groups in total. The molecule has 1 aliphatic carbocycles. The SMILES string of the molecule is O=c1c(OCCC2CCCCC2)c(N2CCN(Cc3ccc(Oc4ccccc4)cc3)CC2)cnn1-c1ccccc1. The van der Waals surface area contributed by atoms with Crippen LogP contribution in [0.3, 0.4) is 0 Å². The molecule has 7 nitrogen and oxygen atoms in total. The maximum atomic E-state index is 13.7. The lowest BCUT2D eigenvalue weighted by atomic mass is 9.87. The van der Waals surface area contributed by atoms with Crippen LogP contribution in [0.25, 0.3) is 5.69 Å². The molecule has 7 heteroatoms. The van der Waals surface area contributed by atoms with Gasteiger partial charge in [-0.2, -0.15) is 9.78 Å². The number of hydrogen-bond acceptors (Lipinski definition) is 6. The Balaban J connectivity index is 1.10. The monoisotopic (exact) mass is 564 g/mol. The quantitative estimate of drug-likeness (QED) is 0.214. The summed E-state index contributed by atoms with van der Waals surface area (Å²) >= 11 is 0. The minimum atomic E-state index is -0.192. The lowest BCUT2D eigenvalue weighted by Gasteiger charge is -2.36. The summed E-state index contributed by atoms with van der Waals surface area (Å²) in [5, 5.41) is 4.56. The van der Waals surface area contributed by atoms with Crippen molar-refractivity contribution in [1.29, 1.82) is 0 Å². The molecular weight excluding hydrogens is 524 g/mol. The second-order valence-corrected chi connectivity index (χ2v) is 11.4.